The number of thioether (sulfide) groups is 1. The molecule has 0 saturated carbocycles. The molecule has 0 aliphatic rings. The van der Waals surface area contributed by atoms with Crippen molar-refractivity contribution in [3.05, 3.63) is 93.2 Å². The lowest BCUT2D eigenvalue weighted by molar-refractivity contribution is -0.182. The van der Waals surface area contributed by atoms with Gasteiger partial charge in [0.15, 0.2) is 0 Å². The molecule has 25 heteroatoms. The number of alkyl halides is 6. The number of carbonyl (C=O) groups is 3. The zero-order chi connectivity index (χ0) is 44.9. The summed E-state index contributed by atoms with van der Waals surface area (Å²) in [5.74, 6) is -2.16. The number of anilines is 2. The molecule has 16 nitrogen and oxygen atoms in total. The van der Waals surface area contributed by atoms with Gasteiger partial charge in [0.1, 0.15) is 11.5 Å². The van der Waals surface area contributed by atoms with Gasteiger partial charge in [-0.3, -0.25) is 29.3 Å². The minimum atomic E-state index is -4.74. The zero-order valence-corrected chi connectivity index (χ0v) is 34.3. The summed E-state index contributed by atoms with van der Waals surface area (Å²) < 4.78 is 111. The van der Waals surface area contributed by atoms with Gasteiger partial charge in [0.2, 0.25) is 11.8 Å². The van der Waals surface area contributed by atoms with Crippen LogP contribution in [0.1, 0.15) is 67.8 Å². The van der Waals surface area contributed by atoms with Crippen molar-refractivity contribution in [2.24, 2.45) is 0 Å². The molecule has 0 bridgehead atoms. The van der Waals surface area contributed by atoms with Crippen LogP contribution in [-0.4, -0.2) is 73.4 Å². The molecule has 2 heterocycles. The van der Waals surface area contributed by atoms with E-state index < -0.39 is 62.7 Å². The van der Waals surface area contributed by atoms with E-state index in [1.165, 1.54) is 40.0 Å². The van der Waals surface area contributed by atoms with E-state index in [4.69, 9.17) is 35.2 Å². The van der Waals surface area contributed by atoms with Crippen molar-refractivity contribution in [3.8, 4) is 11.5 Å². The summed E-state index contributed by atoms with van der Waals surface area (Å²) in [6.45, 7) is 6.21. The molecule has 0 fully saturated rings. The van der Waals surface area contributed by atoms with Crippen molar-refractivity contribution < 1.29 is 73.4 Å². The molecule has 3 aromatic carbocycles. The Balaban J connectivity index is 0.000000258. The van der Waals surface area contributed by atoms with Crippen molar-refractivity contribution in [2.45, 2.75) is 49.8 Å². The molecular weight excluding hydrogens is 878 g/mol. The van der Waals surface area contributed by atoms with E-state index in [9.17, 15) is 44.9 Å². The molecule has 0 radical (unpaired) electrons. The number of aryl methyl sites for hydroxylation is 2. The van der Waals surface area contributed by atoms with E-state index in [-0.39, 0.29) is 56.9 Å². The minimum absolute atomic E-state index is 0.0581. The average molecular weight is 911 g/mol. The monoisotopic (exact) mass is 910 g/mol. The predicted octanol–water partition coefficient (Wildman–Crippen LogP) is 8.52. The van der Waals surface area contributed by atoms with E-state index in [0.717, 1.165) is 37.1 Å². The Hall–Kier alpha value is -5.72. The molecule has 3 N–H and O–H groups in total. The third kappa shape index (κ3) is 12.9. The van der Waals surface area contributed by atoms with Crippen LogP contribution in [0.4, 0.5) is 38.4 Å². The van der Waals surface area contributed by atoms with Crippen LogP contribution in [0.25, 0.3) is 0 Å². The zero-order valence-electron chi connectivity index (χ0n) is 31.9. The maximum absolute atomic E-state index is 13.2. The van der Waals surface area contributed by atoms with Gasteiger partial charge in [-0.2, -0.15) is 31.6 Å². The van der Waals surface area contributed by atoms with Crippen LogP contribution >= 0.6 is 23.4 Å². The van der Waals surface area contributed by atoms with Crippen LogP contribution in [0.15, 0.2) is 67.2 Å². The second-order valence-electron chi connectivity index (χ2n) is 11.2. The quantitative estimate of drug-likeness (QED) is 0.0490. The number of nitrogens with zero attached hydrogens (tertiary/aromatic N) is 4. The summed E-state index contributed by atoms with van der Waals surface area (Å²) in [4.78, 5) is 38.1. The molecular formula is C35H33ClF6N6O10S2. The average Bonchev–Trinajstić information content (AvgIpc) is 3.81. The highest BCUT2D eigenvalue weighted by molar-refractivity contribution is 7.99. The van der Waals surface area contributed by atoms with Gasteiger partial charge in [0.25, 0.3) is 11.8 Å². The van der Waals surface area contributed by atoms with Crippen molar-refractivity contribution in [1.82, 2.24) is 20.4 Å². The van der Waals surface area contributed by atoms with Gasteiger partial charge < -0.3 is 18.3 Å². The van der Waals surface area contributed by atoms with Crippen molar-refractivity contribution >= 4 is 64.0 Å². The molecule has 0 spiro atoms. The number of rotatable bonds is 11. The Morgan fingerprint density at radius 1 is 0.800 bits per heavy atom. The van der Waals surface area contributed by atoms with E-state index in [2.05, 4.69) is 35.9 Å². The SMILES string of the molecule is CCS(=O)c1c(C(F)(F)F)ccc(C(=O)Nc2nnc(C)o2)c1OC.CCSc1c(C(F)(F)F)ccc(C(=O)Nc2nnc(C)o2)c1OC.O=C(OO)c1cccc(Cl)c1. The van der Waals surface area contributed by atoms with Gasteiger partial charge in [-0.15, -0.1) is 22.0 Å². The van der Waals surface area contributed by atoms with Gasteiger partial charge in [-0.05, 0) is 48.2 Å². The number of benzene rings is 3. The van der Waals surface area contributed by atoms with Crippen LogP contribution in [0, 0.1) is 13.8 Å². The molecule has 2 amide bonds. The lowest BCUT2D eigenvalue weighted by Gasteiger charge is -2.17. The summed E-state index contributed by atoms with van der Waals surface area (Å²) in [5, 5.41) is 27.2. The number of aromatic nitrogens is 4. The highest BCUT2D eigenvalue weighted by Gasteiger charge is 2.39. The van der Waals surface area contributed by atoms with Crippen LogP contribution in [0.2, 0.25) is 5.02 Å². The van der Waals surface area contributed by atoms with Gasteiger partial charge >= 0.3 is 30.4 Å². The van der Waals surface area contributed by atoms with Crippen LogP contribution in [0.5, 0.6) is 11.5 Å². The summed E-state index contributed by atoms with van der Waals surface area (Å²) in [7, 11) is 0.302. The first-order chi connectivity index (χ1) is 28.2. The number of hydrogen-bond donors (Lipinski definition) is 3. The molecule has 2 aromatic heterocycles. The molecule has 60 heavy (non-hydrogen) atoms. The lowest BCUT2D eigenvalue weighted by atomic mass is 10.1. The standard InChI is InChI=1S/C14H14F3N3O4S.C14H14F3N3O3S.C7H5ClO3/c1-4-25(22)11-9(14(15,16)17)6-5-8(10(11)23-3)12(21)18-13-20-19-7(2)24-13;1-4-24-11-9(14(15,16)17)6-5-8(10(11)22-3)12(21)18-13-20-19-7(2)23-13;8-6-3-1-2-5(4-6)7(9)11-10/h5-6H,4H2,1-3H3,(H,18,20,21);5-6H,4H2,1-3H3,(H,18,20,21);1-4,10H. The first-order valence-electron chi connectivity index (χ1n) is 16.6. The summed E-state index contributed by atoms with van der Waals surface area (Å²) in [6.07, 6.45) is -9.30. The number of carbonyl (C=O) groups excluding carboxylic acids is 3. The molecule has 5 aromatic rings. The maximum atomic E-state index is 13.2. The third-order valence-corrected chi connectivity index (χ3v) is 9.75. The van der Waals surface area contributed by atoms with Gasteiger partial charge in [-0.1, -0.05) is 41.7 Å². The highest BCUT2D eigenvalue weighted by Crippen LogP contribution is 2.44. The van der Waals surface area contributed by atoms with Gasteiger partial charge in [-0.25, -0.2) is 4.79 Å². The van der Waals surface area contributed by atoms with Crippen LogP contribution in [0.3, 0.4) is 0 Å². The molecule has 1 unspecified atom stereocenters. The first-order valence-corrected chi connectivity index (χ1v) is 19.3. The normalized spacial score (nSPS) is 11.6. The second kappa shape index (κ2) is 21.5. The Bertz CT molecular complexity index is 2320. The molecule has 0 aliphatic carbocycles. The summed E-state index contributed by atoms with van der Waals surface area (Å²) >= 11 is 6.50. The van der Waals surface area contributed by atoms with E-state index in [1.807, 2.05) is 0 Å². The second-order valence-corrected chi connectivity index (χ2v) is 14.5. The van der Waals surface area contributed by atoms with Crippen LogP contribution < -0.4 is 20.1 Å². The van der Waals surface area contributed by atoms with Gasteiger partial charge in [0.05, 0.1) is 62.6 Å². The van der Waals surface area contributed by atoms with E-state index >= 15 is 0 Å². The fourth-order valence-corrected chi connectivity index (χ4v) is 6.94. The molecule has 5 rings (SSSR count). The molecule has 0 saturated heterocycles. The molecule has 324 valence electrons. The smallest absolute Gasteiger partial charge is 0.417 e. The van der Waals surface area contributed by atoms with E-state index in [1.54, 1.807) is 19.1 Å². The molecule has 0 aliphatic heterocycles. The number of halogens is 7. The number of nitrogens with one attached hydrogen (secondary N) is 2. The fourth-order valence-electron chi connectivity index (χ4n) is 4.68. The Morgan fingerprint density at radius 2 is 1.30 bits per heavy atom. The molecule has 1 atom stereocenters. The largest absolute Gasteiger partial charge is 0.495 e. The highest BCUT2D eigenvalue weighted by atomic mass is 35.5. The third-order valence-electron chi connectivity index (χ3n) is 7.15. The summed E-state index contributed by atoms with van der Waals surface area (Å²) in [6, 6.07) is 9.28. The van der Waals surface area contributed by atoms with Crippen LogP contribution in [-0.2, 0) is 28.0 Å². The van der Waals surface area contributed by atoms with E-state index in [0.29, 0.717) is 16.8 Å². The Kier molecular flexibility index (Phi) is 17.4. The predicted molar refractivity (Wildman–Crippen MR) is 203 cm³/mol. The topological polar surface area (TPSA) is 218 Å². The minimum Gasteiger partial charge on any atom is -0.495 e. The Labute approximate surface area is 347 Å². The number of hydrogen-bond acceptors (Lipinski definition) is 15. The Morgan fingerprint density at radius 3 is 1.70 bits per heavy atom. The van der Waals surface area contributed by atoms with Gasteiger partial charge in [0, 0.05) is 24.6 Å². The maximum Gasteiger partial charge on any atom is 0.417 e. The first kappa shape index (κ1) is 48.6. The summed E-state index contributed by atoms with van der Waals surface area (Å²) in [5.41, 5.74) is -2.04. The number of methoxy groups -OCH3 is 2. The number of amides is 2. The fraction of sp³-hybridized carbons (Fsp3) is 0.286. The van der Waals surface area contributed by atoms with Crippen molar-refractivity contribution in [1.29, 1.82) is 0 Å². The lowest BCUT2D eigenvalue weighted by Crippen LogP contribution is -2.18. The van der Waals surface area contributed by atoms with Crippen molar-refractivity contribution in [3.63, 3.8) is 0 Å². The van der Waals surface area contributed by atoms with Crippen molar-refractivity contribution in [2.75, 3.05) is 36.4 Å². The number of ether oxygens (including phenoxy) is 2.